The van der Waals surface area contributed by atoms with E-state index in [1.807, 2.05) is 25.1 Å². The highest BCUT2D eigenvalue weighted by Crippen LogP contribution is 2.38. The zero-order chi connectivity index (χ0) is 23.7. The van der Waals surface area contributed by atoms with Crippen LogP contribution < -0.4 is 5.32 Å². The largest absolute Gasteiger partial charge is 0.324 e. The maximum Gasteiger partial charge on any atom is 0.289 e. The van der Waals surface area contributed by atoms with E-state index in [9.17, 15) is 29.8 Å². The molecule has 0 radical (unpaired) electrons. The number of fused-ring (bicyclic) bond motifs is 1. The average Bonchev–Trinajstić information content (AvgIpc) is 2.94. The van der Waals surface area contributed by atoms with Crippen LogP contribution in [0.4, 0.5) is 17.1 Å². The van der Waals surface area contributed by atoms with Gasteiger partial charge in [0.05, 0.1) is 22.0 Å². The highest BCUT2D eigenvalue weighted by molar-refractivity contribution is 6.03. The third-order valence-corrected chi connectivity index (χ3v) is 5.40. The van der Waals surface area contributed by atoms with Crippen LogP contribution in [-0.2, 0) is 4.79 Å². The standard InChI is InChI=1S/C23H18N4O6/c1-14-7-10-19-18(11-14)22(15-5-3-2-4-6-15)25(13-21(28)24-19)23(29)17-9-8-16(26(30)31)12-20(17)27(32)33/h2-12,22H,13H2,1H3,(H,24,28)/t22-/m0/s1. The number of amides is 2. The summed E-state index contributed by atoms with van der Waals surface area (Å²) in [5, 5.41) is 25.5. The fourth-order valence-corrected chi connectivity index (χ4v) is 3.93. The normalized spacial score (nSPS) is 15.2. The van der Waals surface area contributed by atoms with Gasteiger partial charge < -0.3 is 10.2 Å². The number of hydrogen-bond donors (Lipinski definition) is 1. The maximum atomic E-state index is 13.7. The molecule has 2 amide bonds. The van der Waals surface area contributed by atoms with Crippen molar-refractivity contribution in [1.82, 2.24) is 4.90 Å². The van der Waals surface area contributed by atoms with Gasteiger partial charge >= 0.3 is 0 Å². The third kappa shape index (κ3) is 4.13. The second-order valence-electron chi connectivity index (χ2n) is 7.60. The number of nitrogens with zero attached hydrogens (tertiary/aromatic N) is 3. The summed E-state index contributed by atoms with van der Waals surface area (Å²) < 4.78 is 0. The Labute approximate surface area is 187 Å². The molecule has 166 valence electrons. The first-order valence-electron chi connectivity index (χ1n) is 9.95. The molecule has 1 N–H and O–H groups in total. The van der Waals surface area contributed by atoms with E-state index in [0.29, 0.717) is 16.8 Å². The molecule has 3 aromatic carbocycles. The molecule has 3 aromatic rings. The van der Waals surface area contributed by atoms with Gasteiger partial charge in [0.15, 0.2) is 0 Å². The molecule has 1 heterocycles. The zero-order valence-electron chi connectivity index (χ0n) is 17.4. The van der Waals surface area contributed by atoms with Crippen molar-refractivity contribution in [3.63, 3.8) is 0 Å². The van der Waals surface area contributed by atoms with Crippen LogP contribution in [0.3, 0.4) is 0 Å². The summed E-state index contributed by atoms with van der Waals surface area (Å²) in [6, 6.07) is 16.6. The lowest BCUT2D eigenvalue weighted by Gasteiger charge is -2.30. The second kappa shape index (κ2) is 8.50. The molecule has 33 heavy (non-hydrogen) atoms. The van der Waals surface area contributed by atoms with Crippen LogP contribution in [0.1, 0.15) is 33.1 Å². The Morgan fingerprint density at radius 2 is 1.73 bits per heavy atom. The number of aryl methyl sites for hydroxylation is 1. The molecule has 10 heteroatoms. The molecule has 0 spiro atoms. The Kier molecular flexibility index (Phi) is 5.57. The number of benzene rings is 3. The monoisotopic (exact) mass is 446 g/mol. The second-order valence-corrected chi connectivity index (χ2v) is 7.60. The van der Waals surface area contributed by atoms with Crippen LogP contribution in [0.5, 0.6) is 0 Å². The smallest absolute Gasteiger partial charge is 0.289 e. The number of nitro groups is 2. The van der Waals surface area contributed by atoms with E-state index in [2.05, 4.69) is 5.32 Å². The summed E-state index contributed by atoms with van der Waals surface area (Å²) in [5.74, 6) is -1.24. The minimum absolute atomic E-state index is 0.338. The van der Waals surface area contributed by atoms with Crippen LogP contribution >= 0.6 is 0 Å². The molecule has 10 nitrogen and oxygen atoms in total. The highest BCUT2D eigenvalue weighted by atomic mass is 16.6. The lowest BCUT2D eigenvalue weighted by molar-refractivity contribution is -0.394. The van der Waals surface area contributed by atoms with Gasteiger partial charge in [0.1, 0.15) is 12.1 Å². The number of nitro benzene ring substituents is 2. The van der Waals surface area contributed by atoms with Gasteiger partial charge in [-0.25, -0.2) is 0 Å². The topological polar surface area (TPSA) is 136 Å². The van der Waals surface area contributed by atoms with E-state index >= 15 is 0 Å². The van der Waals surface area contributed by atoms with Gasteiger partial charge in [-0.15, -0.1) is 0 Å². The Balaban J connectivity index is 1.91. The van der Waals surface area contributed by atoms with Crippen molar-refractivity contribution < 1.29 is 19.4 Å². The van der Waals surface area contributed by atoms with Crippen molar-refractivity contribution in [3.8, 4) is 0 Å². The minimum Gasteiger partial charge on any atom is -0.324 e. The molecule has 0 bridgehead atoms. The number of carbonyl (C=O) groups excluding carboxylic acids is 2. The van der Waals surface area contributed by atoms with Gasteiger partial charge in [0.2, 0.25) is 5.91 Å². The van der Waals surface area contributed by atoms with E-state index in [0.717, 1.165) is 23.8 Å². The van der Waals surface area contributed by atoms with E-state index in [-0.39, 0.29) is 12.1 Å². The molecule has 0 saturated heterocycles. The zero-order valence-corrected chi connectivity index (χ0v) is 17.4. The number of hydrogen-bond acceptors (Lipinski definition) is 6. The minimum atomic E-state index is -0.840. The molecule has 0 saturated carbocycles. The number of rotatable bonds is 4. The summed E-state index contributed by atoms with van der Waals surface area (Å²) in [5.41, 5.74) is 1.26. The molecule has 0 fully saturated rings. The summed E-state index contributed by atoms with van der Waals surface area (Å²) in [6.07, 6.45) is 0. The van der Waals surface area contributed by atoms with Crippen molar-refractivity contribution in [1.29, 1.82) is 0 Å². The number of non-ortho nitro benzene ring substituents is 1. The van der Waals surface area contributed by atoms with Gasteiger partial charge in [0, 0.05) is 17.3 Å². The summed E-state index contributed by atoms with van der Waals surface area (Å²) in [6.45, 7) is 1.52. The van der Waals surface area contributed by atoms with Crippen molar-refractivity contribution in [2.75, 3.05) is 11.9 Å². The molecule has 0 aliphatic carbocycles. The number of anilines is 1. The number of carbonyl (C=O) groups is 2. The fourth-order valence-electron chi connectivity index (χ4n) is 3.93. The first kappa shape index (κ1) is 21.6. The van der Waals surface area contributed by atoms with E-state index in [4.69, 9.17) is 0 Å². The molecular weight excluding hydrogens is 428 g/mol. The van der Waals surface area contributed by atoms with Crippen LogP contribution in [0.25, 0.3) is 0 Å². The molecular formula is C23H18N4O6. The van der Waals surface area contributed by atoms with Gasteiger partial charge in [-0.2, -0.15) is 0 Å². The summed E-state index contributed by atoms with van der Waals surface area (Å²) in [4.78, 5) is 48.7. The Hall–Kier alpha value is -4.60. The van der Waals surface area contributed by atoms with Crippen LogP contribution in [0, 0.1) is 27.2 Å². The fraction of sp³-hybridized carbons (Fsp3) is 0.130. The SMILES string of the molecule is Cc1ccc2c(c1)[C@H](c1ccccc1)N(C(=O)c1ccc([N+](=O)[O-])cc1[N+](=O)[O-])CC(=O)N2. The van der Waals surface area contributed by atoms with Crippen molar-refractivity contribution in [2.45, 2.75) is 13.0 Å². The quantitative estimate of drug-likeness (QED) is 0.475. The van der Waals surface area contributed by atoms with Gasteiger partial charge in [-0.1, -0.05) is 48.0 Å². The van der Waals surface area contributed by atoms with Gasteiger partial charge in [0.25, 0.3) is 17.3 Å². The predicted octanol–water partition coefficient (Wildman–Crippen LogP) is 4.00. The van der Waals surface area contributed by atoms with Crippen LogP contribution in [0.15, 0.2) is 66.7 Å². The van der Waals surface area contributed by atoms with E-state index < -0.39 is 39.1 Å². The Morgan fingerprint density at radius 3 is 2.39 bits per heavy atom. The summed E-state index contributed by atoms with van der Waals surface area (Å²) in [7, 11) is 0. The number of nitrogens with one attached hydrogen (secondary N) is 1. The van der Waals surface area contributed by atoms with Crippen LogP contribution in [-0.4, -0.2) is 33.1 Å². The lowest BCUT2D eigenvalue weighted by Crippen LogP contribution is -2.39. The first-order chi connectivity index (χ1) is 15.8. The van der Waals surface area contributed by atoms with Gasteiger partial charge in [-0.05, 0) is 24.6 Å². The van der Waals surface area contributed by atoms with E-state index in [1.54, 1.807) is 30.3 Å². The van der Waals surface area contributed by atoms with Crippen LogP contribution in [0.2, 0.25) is 0 Å². The maximum absolute atomic E-state index is 13.7. The van der Waals surface area contributed by atoms with Crippen molar-refractivity contribution in [2.24, 2.45) is 0 Å². The molecule has 4 rings (SSSR count). The molecule has 0 unspecified atom stereocenters. The first-order valence-corrected chi connectivity index (χ1v) is 9.95. The van der Waals surface area contributed by atoms with Crippen molar-refractivity contribution >= 4 is 28.9 Å². The lowest BCUT2D eigenvalue weighted by atomic mass is 9.94. The summed E-state index contributed by atoms with van der Waals surface area (Å²) >= 11 is 0. The molecule has 1 aliphatic rings. The average molecular weight is 446 g/mol. The van der Waals surface area contributed by atoms with Crippen molar-refractivity contribution in [3.05, 3.63) is 109 Å². The third-order valence-electron chi connectivity index (χ3n) is 5.40. The molecule has 1 aliphatic heterocycles. The Bertz CT molecular complexity index is 1290. The Morgan fingerprint density at radius 1 is 1.00 bits per heavy atom. The van der Waals surface area contributed by atoms with E-state index in [1.165, 1.54) is 4.90 Å². The predicted molar refractivity (Wildman–Crippen MR) is 119 cm³/mol. The van der Waals surface area contributed by atoms with Gasteiger partial charge in [-0.3, -0.25) is 29.8 Å². The highest BCUT2D eigenvalue weighted by Gasteiger charge is 2.36. The molecule has 0 aromatic heterocycles. The molecule has 1 atom stereocenters.